The van der Waals surface area contributed by atoms with Crippen molar-refractivity contribution in [2.24, 2.45) is 0 Å². The highest BCUT2D eigenvalue weighted by Crippen LogP contribution is 2.56. The van der Waals surface area contributed by atoms with Crippen molar-refractivity contribution in [1.82, 2.24) is 4.42 Å². The number of halogens is 1. The van der Waals surface area contributed by atoms with E-state index in [1.807, 2.05) is 55.5 Å². The molecule has 2 nitrogen and oxygen atoms in total. The van der Waals surface area contributed by atoms with Gasteiger partial charge in [-0.1, -0.05) is 84.9 Å². The fourth-order valence-electron chi connectivity index (χ4n) is 3.40. The third-order valence-corrected chi connectivity index (χ3v) is 5.51. The van der Waals surface area contributed by atoms with Crippen molar-refractivity contribution >= 4 is 17.6 Å². The molecule has 0 saturated carbocycles. The summed E-state index contributed by atoms with van der Waals surface area (Å²) in [5, 5.41) is 0. The van der Waals surface area contributed by atoms with E-state index >= 15 is 0 Å². The summed E-state index contributed by atoms with van der Waals surface area (Å²) < 4.78 is 1.62. The van der Waals surface area contributed by atoms with Crippen LogP contribution >= 0.6 is 11.8 Å². The standard InChI is InChI=1S/C22H18ClNO/c1-22(21(25)19-10-6-3-7-11-19)20(24(22)23)18-14-12-17(13-15-18)16-8-4-2-5-9-16/h2-15,20H,1H3/t20-,22+,24?/m0/s1. The monoisotopic (exact) mass is 347 g/mol. The molecule has 1 unspecified atom stereocenters. The van der Waals surface area contributed by atoms with Gasteiger partial charge in [-0.25, -0.2) is 0 Å². The van der Waals surface area contributed by atoms with E-state index in [0.29, 0.717) is 5.56 Å². The predicted molar refractivity (Wildman–Crippen MR) is 101 cm³/mol. The van der Waals surface area contributed by atoms with Crippen LogP contribution in [-0.4, -0.2) is 15.7 Å². The zero-order chi connectivity index (χ0) is 17.4. The zero-order valence-electron chi connectivity index (χ0n) is 13.9. The summed E-state index contributed by atoms with van der Waals surface area (Å²) in [6, 6.07) is 27.8. The summed E-state index contributed by atoms with van der Waals surface area (Å²) >= 11 is 6.41. The van der Waals surface area contributed by atoms with Crippen LogP contribution in [0, 0.1) is 0 Å². The maximum atomic E-state index is 12.9. The topological polar surface area (TPSA) is 20.1 Å². The Kier molecular flexibility index (Phi) is 3.95. The Morgan fingerprint density at radius 2 is 1.36 bits per heavy atom. The molecule has 3 aromatic carbocycles. The van der Waals surface area contributed by atoms with E-state index in [1.54, 1.807) is 4.42 Å². The molecule has 0 radical (unpaired) electrons. The SMILES string of the molecule is C[C@]1(C(=O)c2ccccc2)[C@H](c2ccc(-c3ccccc3)cc2)N1Cl. The van der Waals surface area contributed by atoms with Gasteiger partial charge in [-0.2, -0.15) is 4.42 Å². The highest BCUT2D eigenvalue weighted by Gasteiger charge is 2.64. The number of benzene rings is 3. The van der Waals surface area contributed by atoms with Crippen molar-refractivity contribution in [2.45, 2.75) is 18.5 Å². The number of carbonyl (C=O) groups excluding carboxylic acids is 1. The molecule has 1 aliphatic heterocycles. The third kappa shape index (κ3) is 2.68. The molecule has 0 N–H and O–H groups in total. The summed E-state index contributed by atoms with van der Waals surface area (Å²) in [6.45, 7) is 1.91. The van der Waals surface area contributed by atoms with Crippen molar-refractivity contribution < 1.29 is 4.79 Å². The summed E-state index contributed by atoms with van der Waals surface area (Å²) in [7, 11) is 0. The van der Waals surface area contributed by atoms with Gasteiger partial charge in [0.2, 0.25) is 0 Å². The lowest BCUT2D eigenvalue weighted by Crippen LogP contribution is -2.24. The number of carbonyl (C=O) groups is 1. The first-order valence-electron chi connectivity index (χ1n) is 8.33. The van der Waals surface area contributed by atoms with Gasteiger partial charge in [0.15, 0.2) is 5.78 Å². The molecule has 3 aromatic rings. The molecule has 1 fully saturated rings. The minimum absolute atomic E-state index is 0.0558. The number of hydrogen-bond acceptors (Lipinski definition) is 2. The molecule has 4 rings (SSSR count). The Morgan fingerprint density at radius 3 is 1.96 bits per heavy atom. The molecule has 1 saturated heterocycles. The Bertz CT molecular complexity index is 892. The van der Waals surface area contributed by atoms with Gasteiger partial charge in [0, 0.05) is 5.56 Å². The van der Waals surface area contributed by atoms with Gasteiger partial charge in [0.1, 0.15) is 5.54 Å². The summed E-state index contributed by atoms with van der Waals surface area (Å²) in [6.07, 6.45) is 0. The van der Waals surface area contributed by atoms with Crippen molar-refractivity contribution in [3.05, 3.63) is 96.1 Å². The second-order valence-electron chi connectivity index (χ2n) is 6.54. The van der Waals surface area contributed by atoms with E-state index in [-0.39, 0.29) is 11.8 Å². The molecule has 0 bridgehead atoms. The van der Waals surface area contributed by atoms with E-state index in [4.69, 9.17) is 11.8 Å². The van der Waals surface area contributed by atoms with Crippen molar-refractivity contribution in [2.75, 3.05) is 0 Å². The number of ketones is 1. The zero-order valence-corrected chi connectivity index (χ0v) is 14.6. The third-order valence-electron chi connectivity index (χ3n) is 4.96. The number of rotatable bonds is 4. The summed E-state index contributed by atoms with van der Waals surface area (Å²) in [4.78, 5) is 12.9. The smallest absolute Gasteiger partial charge is 0.186 e. The van der Waals surface area contributed by atoms with Gasteiger partial charge in [-0.05, 0) is 35.4 Å². The van der Waals surface area contributed by atoms with E-state index in [2.05, 4.69) is 36.4 Å². The van der Waals surface area contributed by atoms with Crippen LogP contribution in [0.5, 0.6) is 0 Å². The molecule has 0 amide bonds. The molecule has 0 aliphatic carbocycles. The van der Waals surface area contributed by atoms with Gasteiger partial charge in [-0.15, -0.1) is 0 Å². The van der Waals surface area contributed by atoms with Crippen LogP contribution < -0.4 is 0 Å². The minimum atomic E-state index is -0.697. The Labute approximate surface area is 152 Å². The molecule has 1 aliphatic rings. The molecule has 0 aromatic heterocycles. The van der Waals surface area contributed by atoms with Crippen LogP contribution in [0.1, 0.15) is 28.9 Å². The molecule has 25 heavy (non-hydrogen) atoms. The Hall–Kier alpha value is -2.42. The van der Waals surface area contributed by atoms with Gasteiger partial charge in [0.05, 0.1) is 6.04 Å². The molecule has 3 heteroatoms. The Morgan fingerprint density at radius 1 is 0.840 bits per heavy atom. The maximum absolute atomic E-state index is 12.9. The summed E-state index contributed by atoms with van der Waals surface area (Å²) in [5.74, 6) is 0.0558. The first kappa shape index (κ1) is 16.1. The van der Waals surface area contributed by atoms with Gasteiger partial charge in [-0.3, -0.25) is 4.79 Å². The molecule has 124 valence electrons. The van der Waals surface area contributed by atoms with Crippen LogP contribution in [0.3, 0.4) is 0 Å². The quantitative estimate of drug-likeness (QED) is 0.352. The normalized spacial score (nSPS) is 24.7. The number of hydrogen-bond donors (Lipinski definition) is 0. The van der Waals surface area contributed by atoms with E-state index in [9.17, 15) is 4.79 Å². The molecular formula is C22H18ClNO. The van der Waals surface area contributed by atoms with Crippen molar-refractivity contribution in [3.63, 3.8) is 0 Å². The van der Waals surface area contributed by atoms with Crippen LogP contribution in [0.25, 0.3) is 11.1 Å². The van der Waals surface area contributed by atoms with Gasteiger partial charge < -0.3 is 0 Å². The number of Topliss-reactive ketones (excluding diaryl/α,β-unsaturated/α-hetero) is 1. The van der Waals surface area contributed by atoms with E-state index in [1.165, 1.54) is 5.56 Å². The van der Waals surface area contributed by atoms with E-state index < -0.39 is 5.54 Å². The van der Waals surface area contributed by atoms with Crippen molar-refractivity contribution in [1.29, 1.82) is 0 Å². The second kappa shape index (κ2) is 6.14. The average molecular weight is 348 g/mol. The van der Waals surface area contributed by atoms with Crippen LogP contribution in [0.15, 0.2) is 84.9 Å². The van der Waals surface area contributed by atoms with Gasteiger partial charge in [0.25, 0.3) is 0 Å². The first-order chi connectivity index (χ1) is 12.1. The lowest BCUT2D eigenvalue weighted by Gasteiger charge is -2.08. The predicted octanol–water partition coefficient (Wildman–Crippen LogP) is 5.51. The number of nitrogens with zero attached hydrogens (tertiary/aromatic N) is 1. The molecule has 3 atom stereocenters. The molecule has 0 spiro atoms. The van der Waals surface area contributed by atoms with E-state index in [0.717, 1.165) is 11.1 Å². The van der Waals surface area contributed by atoms with Crippen molar-refractivity contribution in [3.8, 4) is 11.1 Å². The Balaban J connectivity index is 1.60. The fourth-order valence-corrected chi connectivity index (χ4v) is 3.83. The largest absolute Gasteiger partial charge is 0.292 e. The van der Waals surface area contributed by atoms with Gasteiger partial charge >= 0.3 is 0 Å². The van der Waals surface area contributed by atoms with Crippen LogP contribution in [0.2, 0.25) is 0 Å². The lowest BCUT2D eigenvalue weighted by atomic mass is 9.92. The first-order valence-corrected chi connectivity index (χ1v) is 8.66. The lowest BCUT2D eigenvalue weighted by molar-refractivity contribution is 0.0937. The fraction of sp³-hybridized carbons (Fsp3) is 0.136. The minimum Gasteiger partial charge on any atom is -0.292 e. The molecule has 1 heterocycles. The average Bonchev–Trinajstić information content (AvgIpc) is 3.24. The molecular weight excluding hydrogens is 330 g/mol. The van der Waals surface area contributed by atoms with Crippen LogP contribution in [-0.2, 0) is 0 Å². The summed E-state index contributed by atoms with van der Waals surface area (Å²) in [5.41, 5.74) is 3.38. The highest BCUT2D eigenvalue weighted by molar-refractivity contribution is 6.21. The maximum Gasteiger partial charge on any atom is 0.186 e. The van der Waals surface area contributed by atoms with Crippen LogP contribution in [0.4, 0.5) is 0 Å². The highest BCUT2D eigenvalue weighted by atomic mass is 35.5. The second-order valence-corrected chi connectivity index (χ2v) is 6.91.